The fourth-order valence-electron chi connectivity index (χ4n) is 2.59. The van der Waals surface area contributed by atoms with Gasteiger partial charge in [0.05, 0.1) is 26.9 Å². The number of phenols is 1. The van der Waals surface area contributed by atoms with Gasteiger partial charge in [-0.3, -0.25) is 19.5 Å². The van der Waals surface area contributed by atoms with Crippen LogP contribution in [0.3, 0.4) is 0 Å². The average Bonchev–Trinajstić information content (AvgIpc) is 3.11. The van der Waals surface area contributed by atoms with E-state index in [4.69, 9.17) is 11.6 Å². The molecule has 0 aliphatic carbocycles. The molecule has 0 unspecified atom stereocenters. The first-order chi connectivity index (χ1) is 14.4. The Hall–Kier alpha value is -3.37. The Kier molecular flexibility index (Phi) is 6.70. The van der Waals surface area contributed by atoms with Crippen LogP contribution in [0.15, 0.2) is 60.3 Å². The number of hydrogen-bond acceptors (Lipinski definition) is 7. The van der Waals surface area contributed by atoms with Crippen molar-refractivity contribution in [2.75, 3.05) is 11.1 Å². The van der Waals surface area contributed by atoms with Crippen LogP contribution in [0.25, 0.3) is 11.4 Å². The molecule has 0 bridgehead atoms. The molecule has 0 fully saturated rings. The minimum absolute atomic E-state index is 0.0327. The molecule has 3 rings (SSSR count). The van der Waals surface area contributed by atoms with E-state index in [1.165, 1.54) is 18.2 Å². The van der Waals surface area contributed by atoms with Crippen molar-refractivity contribution in [3.8, 4) is 17.1 Å². The van der Waals surface area contributed by atoms with Crippen LogP contribution in [-0.4, -0.2) is 36.5 Å². The molecule has 0 spiro atoms. The highest BCUT2D eigenvalue weighted by molar-refractivity contribution is 7.99. The molecule has 154 valence electrons. The lowest BCUT2D eigenvalue weighted by Gasteiger charge is -2.09. The van der Waals surface area contributed by atoms with Crippen molar-refractivity contribution >= 4 is 40.6 Å². The number of carbonyl (C=O) groups excluding carboxylic acids is 1. The summed E-state index contributed by atoms with van der Waals surface area (Å²) in [5.74, 6) is 0.0526. The molecule has 0 aliphatic heterocycles. The van der Waals surface area contributed by atoms with E-state index in [1.54, 1.807) is 34.9 Å². The van der Waals surface area contributed by atoms with Gasteiger partial charge in [0.15, 0.2) is 11.0 Å². The number of amides is 1. The zero-order valence-corrected chi connectivity index (χ0v) is 17.1. The Balaban J connectivity index is 1.75. The number of non-ortho nitro benzene ring substituents is 1. The quantitative estimate of drug-likeness (QED) is 0.231. The van der Waals surface area contributed by atoms with E-state index in [0.29, 0.717) is 23.1 Å². The standard InChI is InChI=1S/C19H16ClN5O4S/c1-2-9-24-18(13-5-3-4-6-16(13)26)22-23-19(24)30-11-17(27)21-15-10-12(25(28)29)7-8-14(15)20/h2-8,10,26H,1,9,11H2,(H,21,27). The number of halogens is 1. The second-order valence-corrected chi connectivity index (χ2v) is 7.33. The molecule has 1 heterocycles. The number of carbonyl (C=O) groups is 1. The molecule has 1 aromatic heterocycles. The van der Waals surface area contributed by atoms with Gasteiger partial charge < -0.3 is 10.4 Å². The summed E-state index contributed by atoms with van der Waals surface area (Å²) in [6.07, 6.45) is 1.65. The summed E-state index contributed by atoms with van der Waals surface area (Å²) in [5.41, 5.74) is 0.478. The fourth-order valence-corrected chi connectivity index (χ4v) is 3.50. The molecule has 0 saturated carbocycles. The Labute approximate surface area is 180 Å². The Morgan fingerprint density at radius 1 is 1.33 bits per heavy atom. The van der Waals surface area contributed by atoms with Crippen LogP contribution < -0.4 is 5.32 Å². The first-order valence-electron chi connectivity index (χ1n) is 8.59. The van der Waals surface area contributed by atoms with Gasteiger partial charge in [0.25, 0.3) is 5.69 Å². The summed E-state index contributed by atoms with van der Waals surface area (Å²) >= 11 is 7.13. The number of aromatic nitrogens is 3. The molecule has 0 radical (unpaired) electrons. The maximum Gasteiger partial charge on any atom is 0.271 e. The van der Waals surface area contributed by atoms with Gasteiger partial charge >= 0.3 is 0 Å². The van der Waals surface area contributed by atoms with Crippen molar-refractivity contribution in [1.82, 2.24) is 14.8 Å². The maximum atomic E-state index is 12.3. The number of hydrogen-bond donors (Lipinski definition) is 2. The second-order valence-electron chi connectivity index (χ2n) is 5.98. The fraction of sp³-hybridized carbons (Fsp3) is 0.105. The number of nitro benzene ring substituents is 1. The van der Waals surface area contributed by atoms with Crippen LogP contribution in [0.2, 0.25) is 5.02 Å². The van der Waals surface area contributed by atoms with E-state index < -0.39 is 10.8 Å². The van der Waals surface area contributed by atoms with E-state index in [-0.39, 0.29) is 27.9 Å². The number of phenolic OH excluding ortho intramolecular Hbond substituents is 1. The van der Waals surface area contributed by atoms with Crippen LogP contribution in [0.4, 0.5) is 11.4 Å². The Morgan fingerprint density at radius 2 is 2.10 bits per heavy atom. The Morgan fingerprint density at radius 3 is 2.80 bits per heavy atom. The number of rotatable bonds is 8. The van der Waals surface area contributed by atoms with Crippen molar-refractivity contribution in [3.05, 3.63) is 70.3 Å². The van der Waals surface area contributed by atoms with Crippen LogP contribution in [-0.2, 0) is 11.3 Å². The molecule has 2 aromatic carbocycles. The van der Waals surface area contributed by atoms with Crippen LogP contribution in [0.1, 0.15) is 0 Å². The normalized spacial score (nSPS) is 10.6. The van der Waals surface area contributed by atoms with Crippen molar-refractivity contribution in [3.63, 3.8) is 0 Å². The summed E-state index contributed by atoms with van der Waals surface area (Å²) in [5, 5.41) is 32.4. The van der Waals surface area contributed by atoms with Gasteiger partial charge in [-0.25, -0.2) is 0 Å². The molecule has 30 heavy (non-hydrogen) atoms. The zero-order chi connectivity index (χ0) is 21.7. The van der Waals surface area contributed by atoms with E-state index in [2.05, 4.69) is 22.1 Å². The van der Waals surface area contributed by atoms with E-state index in [9.17, 15) is 20.0 Å². The lowest BCUT2D eigenvalue weighted by Crippen LogP contribution is -2.15. The number of aromatic hydroxyl groups is 1. The largest absolute Gasteiger partial charge is 0.507 e. The second kappa shape index (κ2) is 9.42. The van der Waals surface area contributed by atoms with Gasteiger partial charge in [-0.1, -0.05) is 41.6 Å². The average molecular weight is 446 g/mol. The number of thioether (sulfide) groups is 1. The van der Waals surface area contributed by atoms with Gasteiger partial charge in [-0.05, 0) is 18.2 Å². The number of nitro groups is 1. The topological polar surface area (TPSA) is 123 Å². The number of anilines is 1. The predicted molar refractivity (Wildman–Crippen MR) is 115 cm³/mol. The van der Waals surface area contributed by atoms with Gasteiger partial charge in [0, 0.05) is 18.7 Å². The third kappa shape index (κ3) is 4.78. The lowest BCUT2D eigenvalue weighted by atomic mass is 10.2. The van der Waals surface area contributed by atoms with Gasteiger partial charge in [-0.2, -0.15) is 0 Å². The molecule has 9 nitrogen and oxygen atoms in total. The summed E-state index contributed by atoms with van der Waals surface area (Å²) in [4.78, 5) is 22.7. The molecule has 2 N–H and O–H groups in total. The van der Waals surface area contributed by atoms with E-state index >= 15 is 0 Å². The minimum atomic E-state index is -0.570. The number of para-hydroxylation sites is 1. The third-order valence-electron chi connectivity index (χ3n) is 3.94. The molecule has 0 saturated heterocycles. The van der Waals surface area contributed by atoms with Crippen LogP contribution >= 0.6 is 23.4 Å². The predicted octanol–water partition coefficient (Wildman–Crippen LogP) is 4.13. The highest BCUT2D eigenvalue weighted by atomic mass is 35.5. The monoisotopic (exact) mass is 445 g/mol. The summed E-state index contributed by atoms with van der Waals surface area (Å²) in [6.45, 7) is 4.09. The van der Waals surface area contributed by atoms with Crippen molar-refractivity contribution < 1.29 is 14.8 Å². The first-order valence-corrected chi connectivity index (χ1v) is 9.96. The molecular weight excluding hydrogens is 430 g/mol. The highest BCUT2D eigenvalue weighted by Gasteiger charge is 2.18. The lowest BCUT2D eigenvalue weighted by molar-refractivity contribution is -0.384. The molecule has 3 aromatic rings. The van der Waals surface area contributed by atoms with E-state index in [0.717, 1.165) is 11.8 Å². The van der Waals surface area contributed by atoms with Crippen LogP contribution in [0.5, 0.6) is 5.75 Å². The third-order valence-corrected chi connectivity index (χ3v) is 5.24. The molecule has 11 heteroatoms. The molecular formula is C19H16ClN5O4S. The molecule has 1 amide bonds. The van der Waals surface area contributed by atoms with Crippen molar-refractivity contribution in [2.24, 2.45) is 0 Å². The van der Waals surface area contributed by atoms with Gasteiger partial charge in [-0.15, -0.1) is 16.8 Å². The zero-order valence-electron chi connectivity index (χ0n) is 15.5. The maximum absolute atomic E-state index is 12.3. The summed E-state index contributed by atoms with van der Waals surface area (Å²) in [6, 6.07) is 10.5. The SMILES string of the molecule is C=CCn1c(SCC(=O)Nc2cc([N+](=O)[O-])ccc2Cl)nnc1-c1ccccc1O. The van der Waals surface area contributed by atoms with Gasteiger partial charge in [0.1, 0.15) is 5.75 Å². The van der Waals surface area contributed by atoms with Gasteiger partial charge in [0.2, 0.25) is 5.91 Å². The summed E-state index contributed by atoms with van der Waals surface area (Å²) in [7, 11) is 0. The first kappa shape index (κ1) is 21.3. The smallest absolute Gasteiger partial charge is 0.271 e. The Bertz CT molecular complexity index is 1120. The number of nitrogens with zero attached hydrogens (tertiary/aromatic N) is 4. The van der Waals surface area contributed by atoms with Crippen molar-refractivity contribution in [2.45, 2.75) is 11.7 Å². The minimum Gasteiger partial charge on any atom is -0.507 e. The van der Waals surface area contributed by atoms with Crippen LogP contribution in [0, 0.1) is 10.1 Å². The molecule has 0 atom stereocenters. The number of nitrogens with one attached hydrogen (secondary N) is 1. The highest BCUT2D eigenvalue weighted by Crippen LogP contribution is 2.31. The number of allylic oxidation sites excluding steroid dienone is 1. The molecule has 0 aliphatic rings. The summed E-state index contributed by atoms with van der Waals surface area (Å²) < 4.78 is 1.72. The number of benzene rings is 2. The van der Waals surface area contributed by atoms with Crippen molar-refractivity contribution in [1.29, 1.82) is 0 Å². The van der Waals surface area contributed by atoms with E-state index in [1.807, 2.05) is 0 Å².